The van der Waals surface area contributed by atoms with Crippen molar-refractivity contribution in [3.8, 4) is 0 Å². The van der Waals surface area contributed by atoms with Crippen LogP contribution >= 0.6 is 0 Å². The SMILES string of the molecule is CC(=O)N1[C@H](C(=O)c2ccccc2)[C@H]1c1ccccc1. The summed E-state index contributed by atoms with van der Waals surface area (Å²) < 4.78 is 0. The first kappa shape index (κ1) is 12.6. The van der Waals surface area contributed by atoms with Gasteiger partial charge in [-0.25, -0.2) is 0 Å². The van der Waals surface area contributed by atoms with Gasteiger partial charge in [-0.15, -0.1) is 0 Å². The molecule has 0 aliphatic carbocycles. The van der Waals surface area contributed by atoms with Crippen molar-refractivity contribution in [1.29, 1.82) is 0 Å². The minimum Gasteiger partial charge on any atom is -0.320 e. The van der Waals surface area contributed by atoms with Gasteiger partial charge >= 0.3 is 0 Å². The molecule has 0 bridgehead atoms. The van der Waals surface area contributed by atoms with Gasteiger partial charge in [-0.1, -0.05) is 60.7 Å². The third-order valence-electron chi connectivity index (χ3n) is 3.64. The van der Waals surface area contributed by atoms with Gasteiger partial charge in [-0.2, -0.15) is 0 Å². The molecule has 1 saturated heterocycles. The lowest BCUT2D eigenvalue weighted by molar-refractivity contribution is -0.124. The van der Waals surface area contributed by atoms with E-state index in [4.69, 9.17) is 0 Å². The van der Waals surface area contributed by atoms with Crippen LogP contribution < -0.4 is 0 Å². The van der Waals surface area contributed by atoms with E-state index in [1.54, 1.807) is 17.0 Å². The molecule has 3 heteroatoms. The summed E-state index contributed by atoms with van der Waals surface area (Å²) in [6, 6.07) is 18.3. The highest BCUT2D eigenvalue weighted by molar-refractivity contribution is 6.05. The molecular formula is C17H15NO2. The number of hydrogen-bond acceptors (Lipinski definition) is 2. The zero-order chi connectivity index (χ0) is 14.1. The second-order valence-corrected chi connectivity index (χ2v) is 4.96. The molecular weight excluding hydrogens is 250 g/mol. The zero-order valence-corrected chi connectivity index (χ0v) is 11.2. The number of carbonyl (C=O) groups excluding carboxylic acids is 2. The van der Waals surface area contributed by atoms with Gasteiger partial charge in [0.15, 0.2) is 5.78 Å². The first-order valence-corrected chi connectivity index (χ1v) is 6.63. The highest BCUT2D eigenvalue weighted by atomic mass is 16.2. The quantitative estimate of drug-likeness (QED) is 0.632. The second-order valence-electron chi connectivity index (χ2n) is 4.96. The molecule has 1 fully saturated rings. The molecule has 2 atom stereocenters. The van der Waals surface area contributed by atoms with Gasteiger partial charge < -0.3 is 4.90 Å². The van der Waals surface area contributed by atoms with E-state index in [-0.39, 0.29) is 23.8 Å². The number of benzene rings is 2. The van der Waals surface area contributed by atoms with Crippen molar-refractivity contribution in [3.05, 3.63) is 71.8 Å². The number of amides is 1. The average Bonchev–Trinajstić information content (AvgIpc) is 3.24. The van der Waals surface area contributed by atoms with E-state index in [9.17, 15) is 9.59 Å². The van der Waals surface area contributed by atoms with Crippen molar-refractivity contribution in [2.75, 3.05) is 0 Å². The van der Waals surface area contributed by atoms with E-state index in [1.807, 2.05) is 48.5 Å². The molecule has 20 heavy (non-hydrogen) atoms. The molecule has 100 valence electrons. The van der Waals surface area contributed by atoms with Crippen LogP contribution in [0.15, 0.2) is 60.7 Å². The van der Waals surface area contributed by atoms with Crippen molar-refractivity contribution in [3.63, 3.8) is 0 Å². The van der Waals surface area contributed by atoms with Crippen LogP contribution in [0.1, 0.15) is 28.9 Å². The van der Waals surface area contributed by atoms with Gasteiger partial charge in [0.25, 0.3) is 0 Å². The first-order valence-electron chi connectivity index (χ1n) is 6.63. The molecule has 2 aromatic carbocycles. The van der Waals surface area contributed by atoms with Crippen LogP contribution in [0.2, 0.25) is 0 Å². The van der Waals surface area contributed by atoms with Gasteiger partial charge in [0.2, 0.25) is 5.91 Å². The van der Waals surface area contributed by atoms with Crippen molar-refractivity contribution in [2.24, 2.45) is 0 Å². The van der Waals surface area contributed by atoms with Gasteiger partial charge in [-0.3, -0.25) is 9.59 Å². The van der Waals surface area contributed by atoms with Crippen LogP contribution in [0, 0.1) is 0 Å². The monoisotopic (exact) mass is 265 g/mol. The molecule has 1 amide bonds. The third kappa shape index (κ3) is 2.11. The molecule has 0 radical (unpaired) electrons. The Bertz CT molecular complexity index is 637. The van der Waals surface area contributed by atoms with Crippen LogP contribution in [-0.4, -0.2) is 22.6 Å². The van der Waals surface area contributed by atoms with Gasteiger partial charge in [0, 0.05) is 12.5 Å². The van der Waals surface area contributed by atoms with Crippen molar-refractivity contribution in [2.45, 2.75) is 19.0 Å². The smallest absolute Gasteiger partial charge is 0.220 e. The summed E-state index contributed by atoms with van der Waals surface area (Å²) in [4.78, 5) is 25.9. The van der Waals surface area contributed by atoms with Gasteiger partial charge in [-0.05, 0) is 5.56 Å². The standard InChI is InChI=1S/C17H15NO2/c1-12(19)18-15(13-8-4-2-5-9-13)16(18)17(20)14-10-6-3-7-11-14/h2-11,15-16H,1H3/t15-,16+,18?/m1/s1. The summed E-state index contributed by atoms with van der Waals surface area (Å²) >= 11 is 0. The van der Waals surface area contributed by atoms with E-state index in [0.717, 1.165) is 5.56 Å². The summed E-state index contributed by atoms with van der Waals surface area (Å²) in [7, 11) is 0. The van der Waals surface area contributed by atoms with E-state index < -0.39 is 0 Å². The zero-order valence-electron chi connectivity index (χ0n) is 11.2. The number of Topliss-reactive ketones (excluding diaryl/α,β-unsaturated/α-hetero) is 1. The summed E-state index contributed by atoms with van der Waals surface area (Å²) in [6.45, 7) is 1.51. The highest BCUT2D eigenvalue weighted by Gasteiger charge is 2.54. The van der Waals surface area contributed by atoms with Crippen LogP contribution in [0.25, 0.3) is 0 Å². The van der Waals surface area contributed by atoms with Crippen LogP contribution in [0.5, 0.6) is 0 Å². The fourth-order valence-electron chi connectivity index (χ4n) is 2.66. The molecule has 0 unspecified atom stereocenters. The third-order valence-corrected chi connectivity index (χ3v) is 3.64. The van der Waals surface area contributed by atoms with Crippen LogP contribution in [0.4, 0.5) is 0 Å². The van der Waals surface area contributed by atoms with E-state index in [0.29, 0.717) is 5.56 Å². The Morgan fingerprint density at radius 1 is 0.900 bits per heavy atom. The molecule has 3 rings (SSSR count). The van der Waals surface area contributed by atoms with E-state index in [1.165, 1.54) is 6.92 Å². The topological polar surface area (TPSA) is 37.1 Å². The predicted molar refractivity (Wildman–Crippen MR) is 76.3 cm³/mol. The van der Waals surface area contributed by atoms with Crippen molar-refractivity contribution >= 4 is 11.7 Å². The molecule has 0 saturated carbocycles. The molecule has 1 aliphatic heterocycles. The average molecular weight is 265 g/mol. The maximum absolute atomic E-state index is 12.5. The Morgan fingerprint density at radius 2 is 1.45 bits per heavy atom. The number of ketones is 1. The van der Waals surface area contributed by atoms with E-state index in [2.05, 4.69) is 0 Å². The minimum atomic E-state index is -0.364. The maximum atomic E-state index is 12.5. The van der Waals surface area contributed by atoms with Crippen molar-refractivity contribution in [1.82, 2.24) is 4.90 Å². The Balaban J connectivity index is 1.90. The first-order chi connectivity index (χ1) is 9.70. The summed E-state index contributed by atoms with van der Waals surface area (Å²) in [5.41, 5.74) is 1.67. The molecule has 0 spiro atoms. The molecule has 2 aromatic rings. The fourth-order valence-corrected chi connectivity index (χ4v) is 2.66. The van der Waals surface area contributed by atoms with Gasteiger partial charge in [0.05, 0.1) is 6.04 Å². The number of hydrogen-bond donors (Lipinski definition) is 0. The Kier molecular flexibility index (Phi) is 3.11. The second kappa shape index (κ2) is 4.93. The Hall–Kier alpha value is -2.42. The largest absolute Gasteiger partial charge is 0.320 e. The van der Waals surface area contributed by atoms with Gasteiger partial charge in [0.1, 0.15) is 6.04 Å². The Morgan fingerprint density at radius 3 is 2.00 bits per heavy atom. The summed E-state index contributed by atoms with van der Waals surface area (Å²) in [6.07, 6.45) is 0. The summed E-state index contributed by atoms with van der Waals surface area (Å²) in [5.74, 6) is -0.0530. The maximum Gasteiger partial charge on any atom is 0.220 e. The van der Waals surface area contributed by atoms with E-state index >= 15 is 0 Å². The number of rotatable bonds is 3. The normalized spacial score (nSPS) is 20.6. The number of nitrogens with zero attached hydrogens (tertiary/aromatic N) is 1. The lowest BCUT2D eigenvalue weighted by atomic mass is 10.0. The molecule has 0 N–H and O–H groups in total. The minimum absolute atomic E-state index is 0.00894. The van der Waals surface area contributed by atoms with Crippen LogP contribution in [0.3, 0.4) is 0 Å². The molecule has 3 nitrogen and oxygen atoms in total. The van der Waals surface area contributed by atoms with Crippen molar-refractivity contribution < 1.29 is 9.59 Å². The Labute approximate surface area is 117 Å². The summed E-state index contributed by atoms with van der Waals surface area (Å²) in [5, 5.41) is 0. The lowest BCUT2D eigenvalue weighted by Crippen LogP contribution is -2.16. The lowest BCUT2D eigenvalue weighted by Gasteiger charge is -1.99. The predicted octanol–water partition coefficient (Wildman–Crippen LogP) is 2.84. The number of carbonyl (C=O) groups is 2. The fraction of sp³-hybridized carbons (Fsp3) is 0.176. The molecule has 1 heterocycles. The molecule has 1 aliphatic rings. The highest BCUT2D eigenvalue weighted by Crippen LogP contribution is 2.44. The molecule has 0 aromatic heterocycles. The van der Waals surface area contributed by atoms with Crippen LogP contribution in [-0.2, 0) is 4.79 Å².